The molecule has 0 aliphatic heterocycles. The van der Waals surface area contributed by atoms with Gasteiger partial charge in [-0.1, -0.05) is 23.7 Å². The first kappa shape index (κ1) is 12.4. The van der Waals surface area contributed by atoms with E-state index in [9.17, 15) is 5.11 Å². The van der Waals surface area contributed by atoms with Crippen LogP contribution in [0.5, 0.6) is 11.5 Å². The molecule has 0 bridgehead atoms. The van der Waals surface area contributed by atoms with Crippen molar-refractivity contribution in [1.29, 1.82) is 0 Å². The Morgan fingerprint density at radius 3 is 2.74 bits per heavy atom. The fraction of sp³-hybridized carbons (Fsp3) is 0.357. The van der Waals surface area contributed by atoms with E-state index in [1.807, 2.05) is 6.07 Å². The van der Waals surface area contributed by atoms with Crippen LogP contribution < -0.4 is 4.74 Å². The average molecular weight is 279 g/mol. The van der Waals surface area contributed by atoms with E-state index in [-0.39, 0.29) is 11.9 Å². The molecule has 1 N–H and O–H groups in total. The van der Waals surface area contributed by atoms with Gasteiger partial charge in [-0.05, 0) is 37.8 Å². The summed E-state index contributed by atoms with van der Waals surface area (Å²) in [5, 5.41) is 14.4. The molecule has 5 heteroatoms. The summed E-state index contributed by atoms with van der Waals surface area (Å²) in [5.74, 6) is 0.719. The molecule has 2 aromatic rings. The van der Waals surface area contributed by atoms with Gasteiger partial charge in [0.25, 0.3) is 0 Å². The maximum Gasteiger partial charge on any atom is 0.177 e. The molecule has 0 spiro atoms. The number of hydrogen-bond acceptors (Lipinski definition) is 3. The average Bonchev–Trinajstić information content (AvgIpc) is 3.03. The number of aromatic nitrogens is 2. The van der Waals surface area contributed by atoms with Crippen LogP contribution in [0.1, 0.15) is 25.7 Å². The number of halogens is 1. The standard InChI is InChI=1S/C14H15ClN2O2/c15-14-13(19-10-5-1-2-6-10)9-16-17(14)11-7-3-4-8-12(11)18/h3-4,7-10,18H,1-2,5-6H2. The highest BCUT2D eigenvalue weighted by atomic mass is 35.5. The molecule has 100 valence electrons. The van der Waals surface area contributed by atoms with Crippen LogP contribution in [-0.4, -0.2) is 21.0 Å². The summed E-state index contributed by atoms with van der Waals surface area (Å²) in [6.45, 7) is 0. The van der Waals surface area contributed by atoms with Crippen LogP contribution >= 0.6 is 11.6 Å². The molecule has 1 fully saturated rings. The van der Waals surface area contributed by atoms with E-state index in [4.69, 9.17) is 16.3 Å². The highest BCUT2D eigenvalue weighted by Gasteiger charge is 2.20. The molecule has 1 aromatic heterocycles. The number of ether oxygens (including phenoxy) is 1. The van der Waals surface area contributed by atoms with Gasteiger partial charge in [-0.3, -0.25) is 0 Å². The molecule has 19 heavy (non-hydrogen) atoms. The monoisotopic (exact) mass is 278 g/mol. The maximum absolute atomic E-state index is 9.82. The first-order chi connectivity index (χ1) is 9.25. The van der Waals surface area contributed by atoms with E-state index >= 15 is 0 Å². The lowest BCUT2D eigenvalue weighted by Crippen LogP contribution is -2.10. The van der Waals surface area contributed by atoms with Gasteiger partial charge < -0.3 is 9.84 Å². The van der Waals surface area contributed by atoms with Gasteiger partial charge in [0, 0.05) is 0 Å². The Labute approximate surface area is 116 Å². The number of phenols is 1. The van der Waals surface area contributed by atoms with Gasteiger partial charge in [-0.2, -0.15) is 5.10 Å². The minimum Gasteiger partial charge on any atom is -0.506 e. The molecule has 0 amide bonds. The lowest BCUT2D eigenvalue weighted by molar-refractivity contribution is 0.210. The van der Waals surface area contributed by atoms with E-state index in [1.54, 1.807) is 24.4 Å². The normalized spacial score (nSPS) is 15.8. The van der Waals surface area contributed by atoms with Crippen molar-refractivity contribution in [2.75, 3.05) is 0 Å². The Hall–Kier alpha value is -1.68. The summed E-state index contributed by atoms with van der Waals surface area (Å²) in [6.07, 6.45) is 6.38. The number of nitrogens with zero attached hydrogens (tertiary/aromatic N) is 2. The molecule has 1 saturated carbocycles. The van der Waals surface area contributed by atoms with Gasteiger partial charge >= 0.3 is 0 Å². The summed E-state index contributed by atoms with van der Waals surface area (Å²) >= 11 is 6.27. The smallest absolute Gasteiger partial charge is 0.177 e. The second-order valence-electron chi connectivity index (χ2n) is 4.72. The SMILES string of the molecule is Oc1ccccc1-n1ncc(OC2CCCC2)c1Cl. The molecule has 4 nitrogen and oxygen atoms in total. The molecule has 0 radical (unpaired) electrons. The molecule has 3 rings (SSSR count). The number of rotatable bonds is 3. The van der Waals surface area contributed by atoms with Crippen molar-refractivity contribution in [1.82, 2.24) is 9.78 Å². The van der Waals surface area contributed by atoms with E-state index in [2.05, 4.69) is 5.10 Å². The summed E-state index contributed by atoms with van der Waals surface area (Å²) in [5.41, 5.74) is 0.550. The Morgan fingerprint density at radius 2 is 2.00 bits per heavy atom. The van der Waals surface area contributed by atoms with Gasteiger partial charge in [0.1, 0.15) is 11.4 Å². The van der Waals surface area contributed by atoms with Crippen LogP contribution in [0.25, 0.3) is 5.69 Å². The highest BCUT2D eigenvalue weighted by Crippen LogP contribution is 2.33. The molecular formula is C14H15ClN2O2. The van der Waals surface area contributed by atoms with Crippen molar-refractivity contribution in [3.05, 3.63) is 35.6 Å². The molecule has 0 unspecified atom stereocenters. The largest absolute Gasteiger partial charge is 0.506 e. The number of para-hydroxylation sites is 2. The Kier molecular flexibility index (Phi) is 3.34. The van der Waals surface area contributed by atoms with Crippen LogP contribution in [0.2, 0.25) is 5.15 Å². The Morgan fingerprint density at radius 1 is 1.26 bits per heavy atom. The van der Waals surface area contributed by atoms with Crippen molar-refractivity contribution >= 4 is 11.6 Å². The van der Waals surface area contributed by atoms with E-state index in [0.717, 1.165) is 12.8 Å². The minimum atomic E-state index is 0.139. The third-order valence-electron chi connectivity index (χ3n) is 3.39. The van der Waals surface area contributed by atoms with E-state index in [0.29, 0.717) is 16.6 Å². The number of benzene rings is 1. The molecule has 1 heterocycles. The van der Waals surface area contributed by atoms with Crippen molar-refractivity contribution < 1.29 is 9.84 Å². The van der Waals surface area contributed by atoms with E-state index in [1.165, 1.54) is 17.5 Å². The molecule has 0 atom stereocenters. The van der Waals surface area contributed by atoms with Crippen LogP contribution in [0.4, 0.5) is 0 Å². The molecule has 1 aliphatic rings. The van der Waals surface area contributed by atoms with Gasteiger partial charge in [-0.25, -0.2) is 4.68 Å². The zero-order valence-electron chi connectivity index (χ0n) is 10.4. The van der Waals surface area contributed by atoms with Crippen LogP contribution in [0.15, 0.2) is 30.5 Å². The fourth-order valence-corrected chi connectivity index (χ4v) is 2.62. The number of hydrogen-bond donors (Lipinski definition) is 1. The second kappa shape index (κ2) is 5.13. The summed E-state index contributed by atoms with van der Waals surface area (Å²) in [6, 6.07) is 6.94. The molecule has 1 aliphatic carbocycles. The lowest BCUT2D eigenvalue weighted by atomic mass is 10.3. The van der Waals surface area contributed by atoms with Gasteiger partial charge in [0.2, 0.25) is 0 Å². The summed E-state index contributed by atoms with van der Waals surface area (Å²) < 4.78 is 7.34. The van der Waals surface area contributed by atoms with Gasteiger partial charge in [0.15, 0.2) is 10.9 Å². The summed E-state index contributed by atoms with van der Waals surface area (Å²) in [7, 11) is 0. The van der Waals surface area contributed by atoms with Crippen LogP contribution in [-0.2, 0) is 0 Å². The van der Waals surface area contributed by atoms with E-state index < -0.39 is 0 Å². The van der Waals surface area contributed by atoms with Crippen molar-refractivity contribution in [3.63, 3.8) is 0 Å². The maximum atomic E-state index is 9.82. The predicted octanol–water partition coefficient (Wildman–Crippen LogP) is 3.55. The van der Waals surface area contributed by atoms with Gasteiger partial charge in [-0.15, -0.1) is 0 Å². The zero-order valence-corrected chi connectivity index (χ0v) is 11.2. The number of phenolic OH excluding ortho intramolecular Hbond substituents is 1. The predicted molar refractivity (Wildman–Crippen MR) is 73.1 cm³/mol. The molecule has 1 aromatic carbocycles. The third-order valence-corrected chi connectivity index (χ3v) is 3.73. The van der Waals surface area contributed by atoms with Crippen LogP contribution in [0, 0.1) is 0 Å². The molecule has 0 saturated heterocycles. The van der Waals surface area contributed by atoms with Crippen molar-refractivity contribution in [2.45, 2.75) is 31.8 Å². The van der Waals surface area contributed by atoms with Crippen LogP contribution in [0.3, 0.4) is 0 Å². The highest BCUT2D eigenvalue weighted by molar-refractivity contribution is 6.31. The second-order valence-corrected chi connectivity index (χ2v) is 5.08. The third kappa shape index (κ3) is 2.40. The summed E-state index contributed by atoms with van der Waals surface area (Å²) in [4.78, 5) is 0. The lowest BCUT2D eigenvalue weighted by Gasteiger charge is -2.11. The Balaban J connectivity index is 1.88. The number of aromatic hydroxyl groups is 1. The quantitative estimate of drug-likeness (QED) is 0.934. The zero-order chi connectivity index (χ0) is 13.2. The van der Waals surface area contributed by atoms with Gasteiger partial charge in [0.05, 0.1) is 12.3 Å². The molecular weight excluding hydrogens is 264 g/mol. The Bertz CT molecular complexity index is 577. The first-order valence-electron chi connectivity index (χ1n) is 6.44. The first-order valence-corrected chi connectivity index (χ1v) is 6.82. The topological polar surface area (TPSA) is 47.3 Å². The van der Waals surface area contributed by atoms with Crippen molar-refractivity contribution in [2.24, 2.45) is 0 Å². The minimum absolute atomic E-state index is 0.139. The van der Waals surface area contributed by atoms with Crippen molar-refractivity contribution in [3.8, 4) is 17.2 Å². The fourth-order valence-electron chi connectivity index (χ4n) is 2.39.